The van der Waals surface area contributed by atoms with Gasteiger partial charge >= 0.3 is 0 Å². The van der Waals surface area contributed by atoms with E-state index in [1.54, 1.807) is 11.3 Å². The molecule has 0 unspecified atom stereocenters. The van der Waals surface area contributed by atoms with Gasteiger partial charge in [-0.05, 0) is 18.9 Å². The molecular formula is C11H9N3S. The maximum atomic E-state index is 9.06. The van der Waals surface area contributed by atoms with E-state index in [0.717, 1.165) is 29.1 Å². The minimum absolute atomic E-state index is 0.259. The SMILES string of the molecule is N#CC1(c2csc(-c3cc[nH]c3)n2)CC1. The molecule has 0 spiro atoms. The summed E-state index contributed by atoms with van der Waals surface area (Å²) in [5, 5.41) is 12.1. The van der Waals surface area contributed by atoms with Crippen LogP contribution in [0.3, 0.4) is 0 Å². The number of aromatic nitrogens is 2. The van der Waals surface area contributed by atoms with Gasteiger partial charge in [0.25, 0.3) is 0 Å². The number of nitriles is 1. The maximum Gasteiger partial charge on any atom is 0.125 e. The fraction of sp³-hybridized carbons (Fsp3) is 0.273. The Kier molecular flexibility index (Phi) is 1.70. The van der Waals surface area contributed by atoms with Crippen molar-refractivity contribution in [3.8, 4) is 16.6 Å². The van der Waals surface area contributed by atoms with Crippen LogP contribution in [0.15, 0.2) is 23.8 Å². The van der Waals surface area contributed by atoms with Gasteiger partial charge in [0.05, 0.1) is 11.8 Å². The molecular weight excluding hydrogens is 206 g/mol. The number of nitrogens with one attached hydrogen (secondary N) is 1. The summed E-state index contributed by atoms with van der Waals surface area (Å²) in [7, 11) is 0. The monoisotopic (exact) mass is 215 g/mol. The van der Waals surface area contributed by atoms with E-state index in [-0.39, 0.29) is 5.41 Å². The Hall–Kier alpha value is -1.60. The average Bonchev–Trinajstić information content (AvgIpc) is 2.74. The van der Waals surface area contributed by atoms with E-state index in [1.165, 1.54) is 0 Å². The molecule has 0 aliphatic heterocycles. The van der Waals surface area contributed by atoms with Gasteiger partial charge in [-0.15, -0.1) is 11.3 Å². The standard InChI is InChI=1S/C11H9N3S/c12-7-11(2-3-11)9-6-15-10(14-9)8-1-4-13-5-8/h1,4-6,13H,2-3H2. The van der Waals surface area contributed by atoms with Crippen LogP contribution in [0.4, 0.5) is 0 Å². The second-order valence-electron chi connectivity index (χ2n) is 3.83. The topological polar surface area (TPSA) is 52.5 Å². The Morgan fingerprint density at radius 1 is 1.53 bits per heavy atom. The third-order valence-corrected chi connectivity index (χ3v) is 3.69. The summed E-state index contributed by atoms with van der Waals surface area (Å²) < 4.78 is 0. The first-order chi connectivity index (χ1) is 7.34. The number of aromatic amines is 1. The van der Waals surface area contributed by atoms with E-state index in [0.29, 0.717) is 0 Å². The highest BCUT2D eigenvalue weighted by Gasteiger charge is 2.46. The zero-order valence-corrected chi connectivity index (χ0v) is 8.84. The highest BCUT2D eigenvalue weighted by atomic mass is 32.1. The molecule has 0 atom stereocenters. The lowest BCUT2D eigenvalue weighted by Gasteiger charge is -1.97. The lowest BCUT2D eigenvalue weighted by Crippen LogP contribution is -2.02. The summed E-state index contributed by atoms with van der Waals surface area (Å²) in [6.45, 7) is 0. The molecule has 3 rings (SSSR count). The van der Waals surface area contributed by atoms with Crippen LogP contribution < -0.4 is 0 Å². The van der Waals surface area contributed by atoms with E-state index in [2.05, 4.69) is 16.0 Å². The van der Waals surface area contributed by atoms with Gasteiger partial charge in [0, 0.05) is 23.3 Å². The second-order valence-corrected chi connectivity index (χ2v) is 4.69. The number of hydrogen-bond acceptors (Lipinski definition) is 3. The zero-order chi connectivity index (χ0) is 10.3. The Balaban J connectivity index is 1.99. The van der Waals surface area contributed by atoms with Crippen molar-refractivity contribution in [3.63, 3.8) is 0 Å². The quantitative estimate of drug-likeness (QED) is 0.837. The molecule has 0 bridgehead atoms. The molecule has 15 heavy (non-hydrogen) atoms. The molecule has 74 valence electrons. The molecule has 0 saturated heterocycles. The fourth-order valence-electron chi connectivity index (χ4n) is 1.63. The van der Waals surface area contributed by atoms with E-state index in [9.17, 15) is 0 Å². The Labute approximate surface area is 91.4 Å². The molecule has 2 aromatic heterocycles. The van der Waals surface area contributed by atoms with E-state index in [4.69, 9.17) is 5.26 Å². The molecule has 1 aliphatic rings. The van der Waals surface area contributed by atoms with Crippen LogP contribution in [-0.2, 0) is 5.41 Å². The molecule has 3 nitrogen and oxygen atoms in total. The largest absolute Gasteiger partial charge is 0.367 e. The Morgan fingerprint density at radius 2 is 2.40 bits per heavy atom. The Morgan fingerprint density at radius 3 is 3.00 bits per heavy atom. The second kappa shape index (κ2) is 2.94. The third kappa shape index (κ3) is 1.28. The Bertz CT molecular complexity index is 514. The molecule has 2 aromatic rings. The van der Waals surface area contributed by atoms with Crippen molar-refractivity contribution in [2.24, 2.45) is 0 Å². The van der Waals surface area contributed by atoms with Crippen LogP contribution in [-0.4, -0.2) is 9.97 Å². The van der Waals surface area contributed by atoms with Gasteiger partial charge in [-0.1, -0.05) is 0 Å². The molecule has 2 heterocycles. The number of thiazole rings is 1. The van der Waals surface area contributed by atoms with E-state index >= 15 is 0 Å². The molecule has 0 amide bonds. The normalized spacial score (nSPS) is 17.3. The molecule has 1 saturated carbocycles. The summed E-state index contributed by atoms with van der Waals surface area (Å²) in [5.74, 6) is 0. The van der Waals surface area contributed by atoms with Crippen LogP contribution in [0, 0.1) is 11.3 Å². The van der Waals surface area contributed by atoms with Crippen molar-refractivity contribution < 1.29 is 0 Å². The molecule has 1 N–H and O–H groups in total. The predicted molar refractivity (Wildman–Crippen MR) is 58.4 cm³/mol. The number of nitrogens with zero attached hydrogens (tertiary/aromatic N) is 2. The van der Waals surface area contributed by atoms with Gasteiger partial charge in [-0.3, -0.25) is 0 Å². The summed E-state index contributed by atoms with van der Waals surface area (Å²) in [6.07, 6.45) is 5.72. The van der Waals surface area contributed by atoms with E-state index in [1.807, 2.05) is 23.8 Å². The summed E-state index contributed by atoms with van der Waals surface area (Å²) >= 11 is 1.61. The van der Waals surface area contributed by atoms with Gasteiger partial charge in [-0.25, -0.2) is 4.98 Å². The van der Waals surface area contributed by atoms with Crippen LogP contribution in [0.5, 0.6) is 0 Å². The van der Waals surface area contributed by atoms with E-state index < -0.39 is 0 Å². The summed E-state index contributed by atoms with van der Waals surface area (Å²) in [4.78, 5) is 7.54. The van der Waals surface area contributed by atoms with Gasteiger partial charge in [-0.2, -0.15) is 5.26 Å². The zero-order valence-electron chi connectivity index (χ0n) is 8.03. The number of hydrogen-bond donors (Lipinski definition) is 1. The first-order valence-electron chi connectivity index (χ1n) is 4.84. The van der Waals surface area contributed by atoms with Crippen LogP contribution in [0.25, 0.3) is 10.6 Å². The molecule has 0 aromatic carbocycles. The van der Waals surface area contributed by atoms with Gasteiger partial charge in [0.1, 0.15) is 10.4 Å². The van der Waals surface area contributed by atoms with Crippen molar-refractivity contribution in [1.82, 2.24) is 9.97 Å². The lowest BCUT2D eigenvalue weighted by atomic mass is 10.1. The number of H-pyrrole nitrogens is 1. The third-order valence-electron chi connectivity index (χ3n) is 2.80. The van der Waals surface area contributed by atoms with Gasteiger partial charge < -0.3 is 4.98 Å². The van der Waals surface area contributed by atoms with Gasteiger partial charge in [0.15, 0.2) is 0 Å². The summed E-state index contributed by atoms with van der Waals surface area (Å²) in [6, 6.07) is 4.36. The smallest absolute Gasteiger partial charge is 0.125 e. The molecule has 4 heteroatoms. The minimum Gasteiger partial charge on any atom is -0.367 e. The van der Waals surface area contributed by atoms with Crippen LogP contribution >= 0.6 is 11.3 Å². The first-order valence-corrected chi connectivity index (χ1v) is 5.72. The van der Waals surface area contributed by atoms with Crippen molar-refractivity contribution in [1.29, 1.82) is 5.26 Å². The predicted octanol–water partition coefficient (Wildman–Crippen LogP) is 2.69. The van der Waals surface area contributed by atoms with Crippen LogP contribution in [0.1, 0.15) is 18.5 Å². The maximum absolute atomic E-state index is 9.06. The van der Waals surface area contributed by atoms with Crippen molar-refractivity contribution >= 4 is 11.3 Å². The molecule has 0 radical (unpaired) electrons. The molecule has 1 aliphatic carbocycles. The fourth-order valence-corrected chi connectivity index (χ4v) is 2.55. The van der Waals surface area contributed by atoms with Crippen molar-refractivity contribution in [2.75, 3.05) is 0 Å². The number of rotatable bonds is 2. The summed E-state index contributed by atoms with van der Waals surface area (Å²) in [5.41, 5.74) is 1.79. The highest BCUT2D eigenvalue weighted by Crippen LogP contribution is 2.48. The highest BCUT2D eigenvalue weighted by molar-refractivity contribution is 7.13. The first kappa shape index (κ1) is 8.69. The van der Waals surface area contributed by atoms with Crippen molar-refractivity contribution in [3.05, 3.63) is 29.5 Å². The lowest BCUT2D eigenvalue weighted by molar-refractivity contribution is 0.868. The average molecular weight is 215 g/mol. The molecule has 1 fully saturated rings. The van der Waals surface area contributed by atoms with Crippen LogP contribution in [0.2, 0.25) is 0 Å². The van der Waals surface area contributed by atoms with Crippen molar-refractivity contribution in [2.45, 2.75) is 18.3 Å². The van der Waals surface area contributed by atoms with Gasteiger partial charge in [0.2, 0.25) is 0 Å². The minimum atomic E-state index is -0.259.